The molecule has 0 atom stereocenters. The predicted octanol–water partition coefficient (Wildman–Crippen LogP) is 13.3. The lowest BCUT2D eigenvalue weighted by atomic mass is 10.00. The number of oxazole rings is 1. The van der Waals surface area contributed by atoms with Crippen molar-refractivity contribution >= 4 is 54.8 Å². The lowest BCUT2D eigenvalue weighted by molar-refractivity contribution is 0.621. The van der Waals surface area contributed by atoms with Gasteiger partial charge in [-0.15, -0.1) is 0 Å². The highest BCUT2D eigenvalue weighted by atomic mass is 16.3. The maximum atomic E-state index is 6.53. The van der Waals surface area contributed by atoms with E-state index >= 15 is 0 Å². The fourth-order valence-corrected chi connectivity index (χ4v) is 8.46. The largest absolute Gasteiger partial charge is 0.456 e. The molecule has 0 saturated carbocycles. The van der Waals surface area contributed by atoms with Crippen LogP contribution in [-0.2, 0) is 0 Å². The smallest absolute Gasteiger partial charge is 0.227 e. The van der Waals surface area contributed by atoms with Crippen molar-refractivity contribution in [1.29, 1.82) is 0 Å². The van der Waals surface area contributed by atoms with Crippen LogP contribution < -0.4 is 0 Å². The zero-order valence-corrected chi connectivity index (χ0v) is 31.5. The summed E-state index contributed by atoms with van der Waals surface area (Å²) in [4.78, 5) is 20.6. The van der Waals surface area contributed by atoms with Crippen molar-refractivity contribution in [3.8, 4) is 62.4 Å². The normalized spacial score (nSPS) is 11.7. The van der Waals surface area contributed by atoms with Crippen LogP contribution in [0.15, 0.2) is 197 Å². The van der Waals surface area contributed by atoms with Gasteiger partial charge in [0.25, 0.3) is 0 Å². The van der Waals surface area contributed by atoms with Crippen molar-refractivity contribution in [2.75, 3.05) is 0 Å². The van der Waals surface area contributed by atoms with E-state index in [9.17, 15) is 0 Å². The summed E-state index contributed by atoms with van der Waals surface area (Å²) in [6.45, 7) is 0. The standard InChI is InChI=1S/C52H31N5O2/c1-4-15-32(16-5-1)49-54-50(38-23-13-27-43-46(38)37-21-10-11-26-42(37)57(43)35-19-8-3-9-20-35)56-51(55-49)39-24-14-28-45-47(39)40-31-34(29-30-44(40)58-45)36-22-12-25-41-48(36)59-52(53-41)33-17-6-2-7-18-33/h1-31H. The summed E-state index contributed by atoms with van der Waals surface area (Å²) in [6.07, 6.45) is 0. The molecule has 0 amide bonds. The van der Waals surface area contributed by atoms with Crippen molar-refractivity contribution in [3.63, 3.8) is 0 Å². The molecule has 7 nitrogen and oxygen atoms in total. The van der Waals surface area contributed by atoms with E-state index in [2.05, 4.69) is 95.6 Å². The maximum Gasteiger partial charge on any atom is 0.227 e. The number of nitrogens with zero attached hydrogens (tertiary/aromatic N) is 5. The minimum Gasteiger partial charge on any atom is -0.456 e. The van der Waals surface area contributed by atoms with Gasteiger partial charge < -0.3 is 13.4 Å². The van der Waals surface area contributed by atoms with E-state index < -0.39 is 0 Å². The summed E-state index contributed by atoms with van der Waals surface area (Å²) in [6, 6.07) is 63.9. The van der Waals surface area contributed by atoms with Crippen molar-refractivity contribution in [3.05, 3.63) is 188 Å². The first-order chi connectivity index (χ1) is 29.2. The summed E-state index contributed by atoms with van der Waals surface area (Å²) in [5, 5.41) is 4.08. The van der Waals surface area contributed by atoms with Gasteiger partial charge in [0.15, 0.2) is 23.1 Å². The number of para-hydroxylation sites is 3. The number of furan rings is 1. The lowest BCUT2D eigenvalue weighted by Gasteiger charge is -2.11. The van der Waals surface area contributed by atoms with Gasteiger partial charge in [0.2, 0.25) is 5.89 Å². The van der Waals surface area contributed by atoms with Crippen LogP contribution in [-0.4, -0.2) is 24.5 Å². The molecule has 12 aromatic rings. The van der Waals surface area contributed by atoms with Gasteiger partial charge in [-0.2, -0.15) is 0 Å². The maximum absolute atomic E-state index is 6.53. The fraction of sp³-hybridized carbons (Fsp3) is 0. The van der Waals surface area contributed by atoms with Gasteiger partial charge in [0.1, 0.15) is 16.7 Å². The topological polar surface area (TPSA) is 82.8 Å². The third-order valence-corrected chi connectivity index (χ3v) is 11.1. The second kappa shape index (κ2) is 13.2. The zero-order valence-electron chi connectivity index (χ0n) is 31.5. The number of fused-ring (bicyclic) bond motifs is 7. The fourth-order valence-electron chi connectivity index (χ4n) is 8.46. The highest BCUT2D eigenvalue weighted by Gasteiger charge is 2.22. The molecule has 4 aromatic heterocycles. The Bertz CT molecular complexity index is 3550. The molecule has 0 fully saturated rings. The van der Waals surface area contributed by atoms with E-state index in [4.69, 9.17) is 28.8 Å². The SMILES string of the molecule is c1ccc(-c2nc(-c3cccc4oc5ccc(-c6cccc7nc(-c8ccccc8)oc67)cc5c34)nc(-c3cccc4c3c3ccccc3n4-c3ccccc3)n2)cc1. The Balaban J connectivity index is 1.08. The first-order valence-corrected chi connectivity index (χ1v) is 19.6. The van der Waals surface area contributed by atoms with Gasteiger partial charge in [-0.3, -0.25) is 0 Å². The molecule has 8 aromatic carbocycles. The van der Waals surface area contributed by atoms with Crippen LogP contribution in [0.4, 0.5) is 0 Å². The van der Waals surface area contributed by atoms with Gasteiger partial charge >= 0.3 is 0 Å². The van der Waals surface area contributed by atoms with Gasteiger partial charge in [0, 0.05) is 55.0 Å². The van der Waals surface area contributed by atoms with Crippen LogP contribution in [0.5, 0.6) is 0 Å². The van der Waals surface area contributed by atoms with Gasteiger partial charge in [0.05, 0.1) is 11.0 Å². The molecular formula is C52H31N5O2. The quantitative estimate of drug-likeness (QED) is 0.168. The van der Waals surface area contributed by atoms with Gasteiger partial charge in [-0.25, -0.2) is 19.9 Å². The third kappa shape index (κ3) is 5.36. The van der Waals surface area contributed by atoms with Crippen LogP contribution in [0.2, 0.25) is 0 Å². The Morgan fingerprint density at radius 3 is 1.80 bits per heavy atom. The molecule has 276 valence electrons. The Morgan fingerprint density at radius 2 is 1.00 bits per heavy atom. The molecule has 12 rings (SSSR count). The molecule has 0 aliphatic rings. The van der Waals surface area contributed by atoms with Crippen LogP contribution in [0.1, 0.15) is 0 Å². The van der Waals surface area contributed by atoms with Crippen LogP contribution in [0.25, 0.3) is 117 Å². The van der Waals surface area contributed by atoms with E-state index in [0.717, 1.165) is 93.9 Å². The molecule has 7 heteroatoms. The minimum absolute atomic E-state index is 0.557. The van der Waals surface area contributed by atoms with E-state index in [1.807, 2.05) is 97.1 Å². The first kappa shape index (κ1) is 33.0. The number of benzene rings is 8. The second-order valence-electron chi connectivity index (χ2n) is 14.6. The van der Waals surface area contributed by atoms with Crippen molar-refractivity contribution in [2.45, 2.75) is 0 Å². The summed E-state index contributed by atoms with van der Waals surface area (Å²) in [5.74, 6) is 2.32. The predicted molar refractivity (Wildman–Crippen MR) is 236 cm³/mol. The van der Waals surface area contributed by atoms with Crippen LogP contribution in [0.3, 0.4) is 0 Å². The second-order valence-corrected chi connectivity index (χ2v) is 14.6. The number of hydrogen-bond donors (Lipinski definition) is 0. The molecule has 0 bridgehead atoms. The average Bonchev–Trinajstić information content (AvgIpc) is 4.02. The monoisotopic (exact) mass is 757 g/mol. The van der Waals surface area contributed by atoms with E-state index in [1.54, 1.807) is 0 Å². The number of hydrogen-bond acceptors (Lipinski definition) is 6. The summed E-state index contributed by atoms with van der Waals surface area (Å²) in [7, 11) is 0. The number of rotatable bonds is 6. The van der Waals surface area contributed by atoms with Gasteiger partial charge in [-0.1, -0.05) is 127 Å². The van der Waals surface area contributed by atoms with Crippen LogP contribution in [0, 0.1) is 0 Å². The minimum atomic E-state index is 0.557. The molecule has 0 saturated heterocycles. The Kier molecular flexibility index (Phi) is 7.40. The van der Waals surface area contributed by atoms with E-state index in [-0.39, 0.29) is 0 Å². The molecule has 59 heavy (non-hydrogen) atoms. The molecular weight excluding hydrogens is 727 g/mol. The molecule has 4 heterocycles. The first-order valence-electron chi connectivity index (χ1n) is 19.6. The van der Waals surface area contributed by atoms with E-state index in [0.29, 0.717) is 23.4 Å². The lowest BCUT2D eigenvalue weighted by Crippen LogP contribution is -2.01. The zero-order chi connectivity index (χ0) is 38.9. The Hall–Kier alpha value is -8.16. The van der Waals surface area contributed by atoms with Crippen molar-refractivity contribution in [2.24, 2.45) is 0 Å². The van der Waals surface area contributed by atoms with Crippen LogP contribution >= 0.6 is 0 Å². The Morgan fingerprint density at radius 1 is 0.373 bits per heavy atom. The van der Waals surface area contributed by atoms with E-state index in [1.165, 1.54) is 0 Å². The van der Waals surface area contributed by atoms with Crippen molar-refractivity contribution in [1.82, 2.24) is 24.5 Å². The molecule has 0 N–H and O–H groups in total. The molecule has 0 aliphatic carbocycles. The summed E-state index contributed by atoms with van der Waals surface area (Å²) >= 11 is 0. The molecule has 0 radical (unpaired) electrons. The molecule has 0 aliphatic heterocycles. The molecule has 0 unspecified atom stereocenters. The number of aromatic nitrogens is 5. The third-order valence-electron chi connectivity index (χ3n) is 11.1. The highest BCUT2D eigenvalue weighted by Crippen LogP contribution is 2.42. The Labute approximate surface area is 337 Å². The molecule has 0 spiro atoms. The van der Waals surface area contributed by atoms with Gasteiger partial charge in [-0.05, 0) is 66.2 Å². The summed E-state index contributed by atoms with van der Waals surface area (Å²) < 4.78 is 15.3. The van der Waals surface area contributed by atoms with Crippen molar-refractivity contribution < 1.29 is 8.83 Å². The highest BCUT2D eigenvalue weighted by molar-refractivity contribution is 6.16. The average molecular weight is 758 g/mol. The summed E-state index contributed by atoms with van der Waals surface area (Å²) in [5.41, 5.74) is 11.9.